The third-order valence-electron chi connectivity index (χ3n) is 1.04. The van der Waals surface area contributed by atoms with E-state index in [2.05, 4.69) is 18.7 Å². The van der Waals surface area contributed by atoms with Crippen molar-refractivity contribution in [1.82, 2.24) is 0 Å². The molecular formula is C9H14. The molecule has 0 heterocycles. The molecule has 0 N–H and O–H groups in total. The van der Waals surface area contributed by atoms with Crippen molar-refractivity contribution < 1.29 is 0 Å². The van der Waals surface area contributed by atoms with E-state index in [1.165, 1.54) is 11.1 Å². The zero-order valence-corrected chi connectivity index (χ0v) is 6.65. The van der Waals surface area contributed by atoms with Crippen LogP contribution in [-0.2, 0) is 0 Å². The lowest BCUT2D eigenvalue weighted by atomic mass is 10.2. The monoisotopic (exact) mass is 122 g/mol. The topological polar surface area (TPSA) is 0 Å². The summed E-state index contributed by atoms with van der Waals surface area (Å²) in [6.45, 7) is 8.17. The number of rotatable bonds is 1. The fraction of sp³-hybridized carbons (Fsp3) is 0.444. The molecule has 0 rings (SSSR count). The zero-order valence-electron chi connectivity index (χ0n) is 6.65. The highest BCUT2D eigenvalue weighted by Crippen LogP contribution is 1.93. The van der Waals surface area contributed by atoms with Crippen LogP contribution in [0.2, 0.25) is 0 Å². The predicted octanol–water partition coefficient (Wildman–Crippen LogP) is 3.07. The average molecular weight is 122 g/mol. The summed E-state index contributed by atoms with van der Waals surface area (Å²) in [5, 5.41) is 0. The van der Waals surface area contributed by atoms with Crippen LogP contribution < -0.4 is 0 Å². The molecule has 0 bridgehead atoms. The van der Waals surface area contributed by atoms with Gasteiger partial charge < -0.3 is 0 Å². The van der Waals surface area contributed by atoms with Crippen LogP contribution in [0.5, 0.6) is 0 Å². The van der Waals surface area contributed by atoms with Crippen LogP contribution >= 0.6 is 0 Å². The van der Waals surface area contributed by atoms with Crippen LogP contribution in [0.1, 0.15) is 27.7 Å². The van der Waals surface area contributed by atoms with Gasteiger partial charge in [-0.1, -0.05) is 6.08 Å². The van der Waals surface area contributed by atoms with Crippen molar-refractivity contribution in [2.75, 3.05) is 0 Å². The molecule has 0 aliphatic rings. The van der Waals surface area contributed by atoms with Gasteiger partial charge in [0.05, 0.1) is 0 Å². The molecule has 0 fully saturated rings. The van der Waals surface area contributed by atoms with E-state index in [-0.39, 0.29) is 0 Å². The van der Waals surface area contributed by atoms with Crippen LogP contribution in [0.15, 0.2) is 29.0 Å². The maximum atomic E-state index is 3.12. The van der Waals surface area contributed by atoms with E-state index >= 15 is 0 Å². The molecule has 0 aliphatic heterocycles. The summed E-state index contributed by atoms with van der Waals surface area (Å²) in [7, 11) is 0. The molecule has 0 saturated heterocycles. The first-order chi connectivity index (χ1) is 4.16. The van der Waals surface area contributed by atoms with Crippen LogP contribution in [-0.4, -0.2) is 0 Å². The van der Waals surface area contributed by atoms with Crippen LogP contribution in [0.25, 0.3) is 0 Å². The third-order valence-corrected chi connectivity index (χ3v) is 1.04. The van der Waals surface area contributed by atoms with E-state index < -0.39 is 0 Å². The van der Waals surface area contributed by atoms with Gasteiger partial charge in [-0.15, -0.1) is 5.73 Å². The molecule has 50 valence electrons. The van der Waals surface area contributed by atoms with Crippen LogP contribution in [0.4, 0.5) is 0 Å². The largest absolute Gasteiger partial charge is 0.122 e. The van der Waals surface area contributed by atoms with Gasteiger partial charge in [0.25, 0.3) is 0 Å². The lowest BCUT2D eigenvalue weighted by Crippen LogP contribution is -1.62. The lowest BCUT2D eigenvalue weighted by molar-refractivity contribution is 1.39. The van der Waals surface area contributed by atoms with Crippen LogP contribution in [0.3, 0.4) is 0 Å². The van der Waals surface area contributed by atoms with Gasteiger partial charge in [-0.3, -0.25) is 0 Å². The molecule has 0 spiro atoms. The Morgan fingerprint density at radius 1 is 1.22 bits per heavy atom. The van der Waals surface area contributed by atoms with Crippen LogP contribution in [0, 0.1) is 0 Å². The quantitative estimate of drug-likeness (QED) is 0.370. The van der Waals surface area contributed by atoms with Gasteiger partial charge in [-0.2, -0.15) is 0 Å². The Balaban J connectivity index is 4.17. The minimum absolute atomic E-state index is 1.22. The summed E-state index contributed by atoms with van der Waals surface area (Å²) in [4.78, 5) is 0. The minimum Gasteiger partial charge on any atom is -0.122 e. The second-order valence-corrected chi connectivity index (χ2v) is 2.32. The highest BCUT2D eigenvalue weighted by molar-refractivity contribution is 5.15. The molecule has 9 heavy (non-hydrogen) atoms. The molecule has 0 unspecified atom stereocenters. The Bertz CT molecular complexity index is 160. The summed E-state index contributed by atoms with van der Waals surface area (Å²) in [6, 6.07) is 0. The van der Waals surface area contributed by atoms with Crippen molar-refractivity contribution in [2.24, 2.45) is 0 Å². The highest BCUT2D eigenvalue weighted by Gasteiger charge is 1.73. The summed E-state index contributed by atoms with van der Waals surface area (Å²) in [6.07, 6.45) is 4.06. The van der Waals surface area contributed by atoms with E-state index in [1.807, 2.05) is 26.8 Å². The van der Waals surface area contributed by atoms with Gasteiger partial charge >= 0.3 is 0 Å². The summed E-state index contributed by atoms with van der Waals surface area (Å²) < 4.78 is 0. The first-order valence-electron chi connectivity index (χ1n) is 3.19. The van der Waals surface area contributed by atoms with E-state index in [0.29, 0.717) is 0 Å². The number of allylic oxidation sites excluding steroid dienone is 3. The fourth-order valence-corrected chi connectivity index (χ4v) is 0.342. The summed E-state index contributed by atoms with van der Waals surface area (Å²) >= 11 is 0. The Morgan fingerprint density at radius 2 is 1.78 bits per heavy atom. The Hall–Kier alpha value is -0.740. The van der Waals surface area contributed by atoms with Gasteiger partial charge in [0.15, 0.2) is 0 Å². The number of hydrogen-bond donors (Lipinski definition) is 0. The second kappa shape index (κ2) is 4.17. The lowest BCUT2D eigenvalue weighted by Gasteiger charge is -1.82. The first kappa shape index (κ1) is 8.26. The predicted molar refractivity (Wildman–Crippen MR) is 42.4 cm³/mol. The molecular weight excluding hydrogens is 108 g/mol. The van der Waals surface area contributed by atoms with E-state index in [1.54, 1.807) is 0 Å². The van der Waals surface area contributed by atoms with Gasteiger partial charge in [-0.25, -0.2) is 0 Å². The van der Waals surface area contributed by atoms with Gasteiger partial charge in [0, 0.05) is 0 Å². The molecule has 0 aliphatic carbocycles. The molecule has 0 atom stereocenters. The smallest absolute Gasteiger partial charge is 0.0174 e. The summed E-state index contributed by atoms with van der Waals surface area (Å²) in [5.74, 6) is 0. The van der Waals surface area contributed by atoms with Crippen molar-refractivity contribution in [3.8, 4) is 0 Å². The molecule has 0 aromatic rings. The van der Waals surface area contributed by atoms with E-state index in [9.17, 15) is 0 Å². The standard InChI is InChI=1S/C9H14/c1-5-9(4)7-6-8(2)3/h5,7H,1-4H3. The SMILES string of the molecule is CC=C(C)C=C=C(C)C. The molecule has 0 aromatic heterocycles. The van der Waals surface area contributed by atoms with Gasteiger partial charge in [-0.05, 0) is 44.9 Å². The first-order valence-corrected chi connectivity index (χ1v) is 3.19. The average Bonchev–Trinajstić information content (AvgIpc) is 1.83. The molecule has 0 heteroatoms. The minimum atomic E-state index is 1.22. The Labute approximate surface area is 57.6 Å². The molecule has 0 amide bonds. The van der Waals surface area contributed by atoms with Crippen molar-refractivity contribution in [1.29, 1.82) is 0 Å². The normalized spacial score (nSPS) is 10.4. The van der Waals surface area contributed by atoms with Gasteiger partial charge in [0.2, 0.25) is 0 Å². The van der Waals surface area contributed by atoms with Gasteiger partial charge in [0.1, 0.15) is 0 Å². The fourth-order valence-electron chi connectivity index (χ4n) is 0.342. The second-order valence-electron chi connectivity index (χ2n) is 2.32. The molecule has 0 aromatic carbocycles. The third kappa shape index (κ3) is 5.13. The molecule has 0 saturated carbocycles. The Morgan fingerprint density at radius 3 is 2.11 bits per heavy atom. The van der Waals surface area contributed by atoms with Crippen molar-refractivity contribution in [3.63, 3.8) is 0 Å². The number of hydrogen-bond acceptors (Lipinski definition) is 0. The maximum Gasteiger partial charge on any atom is -0.0174 e. The maximum absolute atomic E-state index is 3.12. The Kier molecular flexibility index (Phi) is 3.83. The van der Waals surface area contributed by atoms with Crippen molar-refractivity contribution in [2.45, 2.75) is 27.7 Å². The van der Waals surface area contributed by atoms with E-state index in [4.69, 9.17) is 0 Å². The zero-order chi connectivity index (χ0) is 7.28. The van der Waals surface area contributed by atoms with Crippen molar-refractivity contribution >= 4 is 0 Å². The molecule has 0 radical (unpaired) electrons. The summed E-state index contributed by atoms with van der Waals surface area (Å²) in [5.41, 5.74) is 5.60. The molecule has 0 nitrogen and oxygen atoms in total. The van der Waals surface area contributed by atoms with Crippen molar-refractivity contribution in [3.05, 3.63) is 29.0 Å². The highest BCUT2D eigenvalue weighted by atomic mass is 13.8. The van der Waals surface area contributed by atoms with E-state index in [0.717, 1.165) is 0 Å².